The van der Waals surface area contributed by atoms with Gasteiger partial charge in [-0.3, -0.25) is 0 Å². The fourth-order valence-electron chi connectivity index (χ4n) is 1.11. The lowest BCUT2D eigenvalue weighted by molar-refractivity contribution is 0.580. The SMILES string of the molecule is Fc1cc(F)cc(-n2cc(I)cn2)c1. The van der Waals surface area contributed by atoms with Gasteiger partial charge in [-0.05, 0) is 34.7 Å². The maximum Gasteiger partial charge on any atom is 0.128 e. The van der Waals surface area contributed by atoms with Gasteiger partial charge in [0, 0.05) is 12.3 Å². The molecule has 14 heavy (non-hydrogen) atoms. The Morgan fingerprint density at radius 2 is 1.79 bits per heavy atom. The Balaban J connectivity index is 2.51. The third-order valence-electron chi connectivity index (χ3n) is 1.66. The number of aromatic nitrogens is 2. The summed E-state index contributed by atoms with van der Waals surface area (Å²) in [6.45, 7) is 0. The van der Waals surface area contributed by atoms with Crippen molar-refractivity contribution in [2.75, 3.05) is 0 Å². The van der Waals surface area contributed by atoms with Crippen LogP contribution in [0.5, 0.6) is 0 Å². The van der Waals surface area contributed by atoms with Crippen LogP contribution in [0.1, 0.15) is 0 Å². The summed E-state index contributed by atoms with van der Waals surface area (Å²) >= 11 is 2.07. The number of rotatable bonds is 1. The second-order valence-corrected chi connectivity index (χ2v) is 3.98. The molecule has 0 amide bonds. The molecule has 0 aliphatic rings. The minimum Gasteiger partial charge on any atom is -0.240 e. The fourth-order valence-corrected chi connectivity index (χ4v) is 1.50. The predicted molar refractivity (Wildman–Crippen MR) is 56.2 cm³/mol. The van der Waals surface area contributed by atoms with E-state index in [-0.39, 0.29) is 0 Å². The van der Waals surface area contributed by atoms with Crippen molar-refractivity contribution in [2.24, 2.45) is 0 Å². The Labute approximate surface area is 92.7 Å². The first kappa shape index (κ1) is 9.57. The maximum atomic E-state index is 12.8. The van der Waals surface area contributed by atoms with Crippen molar-refractivity contribution in [3.63, 3.8) is 0 Å². The maximum absolute atomic E-state index is 12.8. The van der Waals surface area contributed by atoms with Gasteiger partial charge in [0.1, 0.15) is 11.6 Å². The highest BCUT2D eigenvalue weighted by Crippen LogP contribution is 2.13. The van der Waals surface area contributed by atoms with E-state index >= 15 is 0 Å². The number of benzene rings is 1. The molecule has 1 heterocycles. The van der Waals surface area contributed by atoms with E-state index in [1.807, 2.05) is 0 Å². The van der Waals surface area contributed by atoms with Crippen LogP contribution in [0.4, 0.5) is 8.78 Å². The average molecular weight is 306 g/mol. The summed E-state index contributed by atoms with van der Waals surface area (Å²) in [5.74, 6) is -1.21. The first-order valence-electron chi connectivity index (χ1n) is 3.82. The van der Waals surface area contributed by atoms with E-state index in [0.29, 0.717) is 5.69 Å². The van der Waals surface area contributed by atoms with Crippen molar-refractivity contribution < 1.29 is 8.78 Å². The topological polar surface area (TPSA) is 17.8 Å². The van der Waals surface area contributed by atoms with Gasteiger partial charge in [-0.1, -0.05) is 0 Å². The van der Waals surface area contributed by atoms with Crippen LogP contribution >= 0.6 is 22.6 Å². The normalized spacial score (nSPS) is 10.5. The van der Waals surface area contributed by atoms with Crippen LogP contribution in [0.2, 0.25) is 0 Å². The number of nitrogens with zero attached hydrogens (tertiary/aromatic N) is 2. The molecule has 72 valence electrons. The molecule has 0 unspecified atom stereocenters. The molecule has 0 radical (unpaired) electrons. The summed E-state index contributed by atoms with van der Waals surface area (Å²) in [5.41, 5.74) is 0.380. The van der Waals surface area contributed by atoms with Crippen molar-refractivity contribution >= 4 is 22.6 Å². The summed E-state index contributed by atoms with van der Waals surface area (Å²) in [6.07, 6.45) is 3.30. The first-order chi connectivity index (χ1) is 6.65. The summed E-state index contributed by atoms with van der Waals surface area (Å²) in [7, 11) is 0. The smallest absolute Gasteiger partial charge is 0.128 e. The molecule has 0 saturated heterocycles. The summed E-state index contributed by atoms with van der Waals surface area (Å²) in [5, 5.41) is 3.94. The second-order valence-electron chi connectivity index (χ2n) is 2.73. The van der Waals surface area contributed by atoms with Gasteiger partial charge in [-0.2, -0.15) is 5.10 Å². The van der Waals surface area contributed by atoms with E-state index in [1.54, 1.807) is 12.4 Å². The second kappa shape index (κ2) is 3.64. The van der Waals surface area contributed by atoms with E-state index in [4.69, 9.17) is 0 Å². The average Bonchev–Trinajstić information content (AvgIpc) is 2.50. The van der Waals surface area contributed by atoms with Crippen LogP contribution in [-0.2, 0) is 0 Å². The van der Waals surface area contributed by atoms with Crippen LogP contribution in [0, 0.1) is 15.2 Å². The molecule has 5 heteroatoms. The molecular weight excluding hydrogens is 301 g/mol. The van der Waals surface area contributed by atoms with Gasteiger partial charge in [0.05, 0.1) is 15.5 Å². The van der Waals surface area contributed by atoms with Crippen LogP contribution in [-0.4, -0.2) is 9.78 Å². The van der Waals surface area contributed by atoms with Gasteiger partial charge in [0.2, 0.25) is 0 Å². The molecule has 2 nitrogen and oxygen atoms in total. The third kappa shape index (κ3) is 1.92. The molecule has 0 saturated carbocycles. The predicted octanol–water partition coefficient (Wildman–Crippen LogP) is 2.76. The van der Waals surface area contributed by atoms with E-state index in [9.17, 15) is 8.78 Å². The van der Waals surface area contributed by atoms with Crippen molar-refractivity contribution in [3.05, 3.63) is 45.8 Å². The van der Waals surface area contributed by atoms with Gasteiger partial charge in [0.15, 0.2) is 0 Å². The Kier molecular flexibility index (Phi) is 2.49. The monoisotopic (exact) mass is 306 g/mol. The van der Waals surface area contributed by atoms with Crippen molar-refractivity contribution in [1.29, 1.82) is 0 Å². The molecule has 2 rings (SSSR count). The van der Waals surface area contributed by atoms with Crippen LogP contribution in [0.3, 0.4) is 0 Å². The van der Waals surface area contributed by atoms with Gasteiger partial charge in [-0.25, -0.2) is 13.5 Å². The van der Waals surface area contributed by atoms with Gasteiger partial charge >= 0.3 is 0 Å². The minimum absolute atomic E-state index is 0.380. The molecule has 0 spiro atoms. The van der Waals surface area contributed by atoms with Crippen molar-refractivity contribution in [3.8, 4) is 5.69 Å². The molecule has 2 aromatic rings. The number of hydrogen-bond acceptors (Lipinski definition) is 1. The zero-order valence-electron chi connectivity index (χ0n) is 6.92. The first-order valence-corrected chi connectivity index (χ1v) is 4.90. The fraction of sp³-hybridized carbons (Fsp3) is 0. The molecule has 0 bridgehead atoms. The third-order valence-corrected chi connectivity index (χ3v) is 2.22. The zero-order chi connectivity index (χ0) is 10.1. The minimum atomic E-state index is -0.606. The number of hydrogen-bond donors (Lipinski definition) is 0. The standard InChI is InChI=1S/C9H5F2IN2/c10-6-1-7(11)3-9(2-6)14-5-8(12)4-13-14/h1-5H. The molecule has 0 aliphatic carbocycles. The lowest BCUT2D eigenvalue weighted by Crippen LogP contribution is -1.95. The quantitative estimate of drug-likeness (QED) is 0.741. The highest BCUT2D eigenvalue weighted by molar-refractivity contribution is 14.1. The number of halogens is 3. The molecule has 0 N–H and O–H groups in total. The summed E-state index contributed by atoms with van der Waals surface area (Å²) < 4.78 is 28.0. The van der Waals surface area contributed by atoms with Gasteiger partial charge in [-0.15, -0.1) is 0 Å². The molecule has 0 fully saturated rings. The van der Waals surface area contributed by atoms with E-state index in [0.717, 1.165) is 9.64 Å². The van der Waals surface area contributed by atoms with E-state index < -0.39 is 11.6 Å². The lowest BCUT2D eigenvalue weighted by Gasteiger charge is -2.00. The van der Waals surface area contributed by atoms with Crippen LogP contribution < -0.4 is 0 Å². The zero-order valence-corrected chi connectivity index (χ0v) is 9.07. The van der Waals surface area contributed by atoms with Crippen molar-refractivity contribution in [2.45, 2.75) is 0 Å². The largest absolute Gasteiger partial charge is 0.240 e. The van der Waals surface area contributed by atoms with E-state index in [2.05, 4.69) is 27.7 Å². The Morgan fingerprint density at radius 3 is 2.29 bits per heavy atom. The van der Waals surface area contributed by atoms with Gasteiger partial charge in [0.25, 0.3) is 0 Å². The van der Waals surface area contributed by atoms with Crippen LogP contribution in [0.25, 0.3) is 5.69 Å². The molecule has 0 atom stereocenters. The van der Waals surface area contributed by atoms with Gasteiger partial charge < -0.3 is 0 Å². The Morgan fingerprint density at radius 1 is 1.14 bits per heavy atom. The summed E-state index contributed by atoms with van der Waals surface area (Å²) in [6, 6.07) is 3.29. The Bertz CT molecular complexity index is 447. The summed E-state index contributed by atoms with van der Waals surface area (Å²) in [4.78, 5) is 0. The van der Waals surface area contributed by atoms with Crippen LogP contribution in [0.15, 0.2) is 30.6 Å². The van der Waals surface area contributed by atoms with E-state index in [1.165, 1.54) is 16.8 Å². The highest BCUT2D eigenvalue weighted by Gasteiger charge is 2.03. The van der Waals surface area contributed by atoms with Crippen molar-refractivity contribution in [1.82, 2.24) is 9.78 Å². The highest BCUT2D eigenvalue weighted by atomic mass is 127. The molecule has 0 aliphatic heterocycles. The molecular formula is C9H5F2IN2. The molecule has 1 aromatic carbocycles. The molecule has 1 aromatic heterocycles. The Hall–Kier alpha value is -0.980. The lowest BCUT2D eigenvalue weighted by atomic mass is 10.3.